The summed E-state index contributed by atoms with van der Waals surface area (Å²) in [5.74, 6) is 0.630. The maximum absolute atomic E-state index is 8.81. The van der Waals surface area contributed by atoms with Crippen LogP contribution >= 0.6 is 11.6 Å². The van der Waals surface area contributed by atoms with Crippen molar-refractivity contribution < 1.29 is 0 Å². The van der Waals surface area contributed by atoms with Gasteiger partial charge < -0.3 is 5.73 Å². The second-order valence-electron chi connectivity index (χ2n) is 5.21. The molecule has 0 spiro atoms. The third-order valence-corrected chi connectivity index (χ3v) is 3.70. The molecule has 96 valence electrons. The van der Waals surface area contributed by atoms with Gasteiger partial charge >= 0.3 is 0 Å². The first-order chi connectivity index (χ1) is 8.58. The minimum atomic E-state index is 0.255. The first-order valence-corrected chi connectivity index (χ1v) is 6.62. The highest BCUT2D eigenvalue weighted by Crippen LogP contribution is 2.22. The number of halogens is 1. The van der Waals surface area contributed by atoms with Crippen molar-refractivity contribution in [3.63, 3.8) is 0 Å². The van der Waals surface area contributed by atoms with E-state index in [-0.39, 0.29) is 6.04 Å². The number of nitrogens with two attached hydrogens (primary N) is 1. The third kappa shape index (κ3) is 3.23. The van der Waals surface area contributed by atoms with Gasteiger partial charge in [-0.05, 0) is 30.0 Å². The molecular formula is C14H18ClN3. The zero-order valence-electron chi connectivity index (χ0n) is 10.6. The highest BCUT2D eigenvalue weighted by Gasteiger charge is 2.22. The minimum Gasteiger partial charge on any atom is -0.327 e. The van der Waals surface area contributed by atoms with Crippen LogP contribution in [-0.2, 0) is 6.54 Å². The van der Waals surface area contributed by atoms with Crippen LogP contribution in [-0.4, -0.2) is 24.0 Å². The van der Waals surface area contributed by atoms with Crippen molar-refractivity contribution in [2.75, 3.05) is 13.1 Å². The number of rotatable bonds is 2. The van der Waals surface area contributed by atoms with Crippen molar-refractivity contribution in [1.82, 2.24) is 4.90 Å². The Balaban J connectivity index is 2.07. The van der Waals surface area contributed by atoms with Gasteiger partial charge in [-0.15, -0.1) is 0 Å². The smallest absolute Gasteiger partial charge is 0.0992 e. The Bertz CT molecular complexity index is 457. The van der Waals surface area contributed by atoms with Crippen molar-refractivity contribution in [3.05, 3.63) is 34.3 Å². The van der Waals surface area contributed by atoms with E-state index in [2.05, 4.69) is 17.9 Å². The molecule has 2 unspecified atom stereocenters. The summed E-state index contributed by atoms with van der Waals surface area (Å²) < 4.78 is 0. The molecule has 1 aromatic carbocycles. The van der Waals surface area contributed by atoms with Crippen LogP contribution in [0.2, 0.25) is 5.02 Å². The minimum absolute atomic E-state index is 0.255. The van der Waals surface area contributed by atoms with Crippen LogP contribution in [0.4, 0.5) is 0 Å². The molecule has 0 aliphatic carbocycles. The van der Waals surface area contributed by atoms with E-state index >= 15 is 0 Å². The van der Waals surface area contributed by atoms with Gasteiger partial charge in [-0.1, -0.05) is 24.6 Å². The molecule has 1 aromatic rings. The van der Waals surface area contributed by atoms with Gasteiger partial charge in [0.05, 0.1) is 11.6 Å². The second-order valence-corrected chi connectivity index (χ2v) is 5.62. The van der Waals surface area contributed by atoms with Gasteiger partial charge in [0.25, 0.3) is 0 Å². The Hall–Kier alpha value is -1.08. The van der Waals surface area contributed by atoms with Crippen molar-refractivity contribution in [2.45, 2.75) is 25.9 Å². The summed E-state index contributed by atoms with van der Waals surface area (Å²) in [7, 11) is 0. The van der Waals surface area contributed by atoms with Crippen LogP contribution in [0.5, 0.6) is 0 Å². The molecule has 1 saturated heterocycles. The van der Waals surface area contributed by atoms with E-state index in [1.165, 1.54) is 0 Å². The van der Waals surface area contributed by atoms with Gasteiger partial charge in [0.2, 0.25) is 0 Å². The number of likely N-dealkylation sites (tertiary alicyclic amines) is 1. The van der Waals surface area contributed by atoms with E-state index in [1.54, 1.807) is 6.07 Å². The van der Waals surface area contributed by atoms with Crippen molar-refractivity contribution in [2.24, 2.45) is 11.7 Å². The molecule has 1 aliphatic heterocycles. The lowest BCUT2D eigenvalue weighted by Gasteiger charge is -2.34. The molecule has 1 heterocycles. The fourth-order valence-corrected chi connectivity index (χ4v) is 2.87. The summed E-state index contributed by atoms with van der Waals surface area (Å²) in [6, 6.07) is 7.83. The van der Waals surface area contributed by atoms with Crippen LogP contribution in [0.25, 0.3) is 0 Å². The Morgan fingerprint density at radius 3 is 2.89 bits per heavy atom. The molecule has 4 heteroatoms. The topological polar surface area (TPSA) is 53.0 Å². The van der Waals surface area contributed by atoms with Crippen molar-refractivity contribution in [1.29, 1.82) is 5.26 Å². The monoisotopic (exact) mass is 263 g/mol. The summed E-state index contributed by atoms with van der Waals surface area (Å²) in [5, 5.41) is 9.48. The van der Waals surface area contributed by atoms with E-state index in [4.69, 9.17) is 22.6 Å². The summed E-state index contributed by atoms with van der Waals surface area (Å²) in [6.45, 7) is 5.01. The second kappa shape index (κ2) is 5.71. The van der Waals surface area contributed by atoms with E-state index in [1.807, 2.05) is 12.1 Å². The molecule has 0 bridgehead atoms. The molecule has 18 heavy (non-hydrogen) atoms. The number of benzene rings is 1. The molecule has 1 fully saturated rings. The van der Waals surface area contributed by atoms with E-state index in [9.17, 15) is 0 Å². The standard InChI is InChI=1S/C14H18ClN3/c1-10-4-13(17)9-18(7-10)8-12-3-2-11(6-16)5-14(12)15/h2-3,5,10,13H,4,7-9,17H2,1H3. The summed E-state index contributed by atoms with van der Waals surface area (Å²) >= 11 is 6.19. The number of hydrogen-bond acceptors (Lipinski definition) is 3. The van der Waals surface area contributed by atoms with Gasteiger partial charge in [0.15, 0.2) is 0 Å². The molecule has 3 nitrogen and oxygen atoms in total. The van der Waals surface area contributed by atoms with E-state index < -0.39 is 0 Å². The third-order valence-electron chi connectivity index (χ3n) is 3.34. The maximum atomic E-state index is 8.81. The largest absolute Gasteiger partial charge is 0.327 e. The predicted molar refractivity (Wildman–Crippen MR) is 73.2 cm³/mol. The van der Waals surface area contributed by atoms with Gasteiger partial charge in [0.1, 0.15) is 0 Å². The molecule has 2 rings (SSSR count). The van der Waals surface area contributed by atoms with Gasteiger partial charge in [-0.25, -0.2) is 0 Å². The van der Waals surface area contributed by atoms with Crippen LogP contribution in [0.1, 0.15) is 24.5 Å². The highest BCUT2D eigenvalue weighted by molar-refractivity contribution is 6.31. The fourth-order valence-electron chi connectivity index (χ4n) is 2.63. The molecule has 1 aliphatic rings. The number of hydrogen-bond donors (Lipinski definition) is 1. The number of nitrogens with zero attached hydrogens (tertiary/aromatic N) is 2. The van der Waals surface area contributed by atoms with Gasteiger partial charge in [-0.2, -0.15) is 5.26 Å². The molecule has 2 atom stereocenters. The number of piperidine rings is 1. The van der Waals surface area contributed by atoms with Crippen molar-refractivity contribution >= 4 is 11.6 Å². The lowest BCUT2D eigenvalue weighted by atomic mass is 9.96. The Kier molecular flexibility index (Phi) is 4.23. The Labute approximate surface area is 113 Å². The first kappa shape index (κ1) is 13.4. The van der Waals surface area contributed by atoms with Crippen LogP contribution in [0.3, 0.4) is 0 Å². The molecule has 0 radical (unpaired) electrons. The highest BCUT2D eigenvalue weighted by atomic mass is 35.5. The lowest BCUT2D eigenvalue weighted by Crippen LogP contribution is -2.45. The molecule has 2 N–H and O–H groups in total. The van der Waals surface area contributed by atoms with Crippen LogP contribution < -0.4 is 5.73 Å². The molecule has 0 saturated carbocycles. The zero-order valence-corrected chi connectivity index (χ0v) is 11.3. The SMILES string of the molecule is CC1CC(N)CN(Cc2ccc(C#N)cc2Cl)C1. The normalized spacial score (nSPS) is 24.8. The average Bonchev–Trinajstić information content (AvgIpc) is 2.30. The Morgan fingerprint density at radius 1 is 1.50 bits per heavy atom. The van der Waals surface area contributed by atoms with Crippen LogP contribution in [0.15, 0.2) is 18.2 Å². The lowest BCUT2D eigenvalue weighted by molar-refractivity contribution is 0.158. The summed E-state index contributed by atoms with van der Waals surface area (Å²) in [4.78, 5) is 2.34. The van der Waals surface area contributed by atoms with Crippen LogP contribution in [0, 0.1) is 17.2 Å². The van der Waals surface area contributed by atoms with E-state index in [0.29, 0.717) is 16.5 Å². The quantitative estimate of drug-likeness (QED) is 0.891. The zero-order chi connectivity index (χ0) is 13.1. The summed E-state index contributed by atoms with van der Waals surface area (Å²) in [5.41, 5.74) is 7.71. The van der Waals surface area contributed by atoms with Crippen molar-refractivity contribution in [3.8, 4) is 6.07 Å². The predicted octanol–water partition coefficient (Wildman–Crippen LogP) is 2.38. The fraction of sp³-hybridized carbons (Fsp3) is 0.500. The van der Waals surface area contributed by atoms with Gasteiger partial charge in [0, 0.05) is 30.7 Å². The Morgan fingerprint density at radius 2 is 2.28 bits per heavy atom. The molecular weight excluding hydrogens is 246 g/mol. The molecule has 0 amide bonds. The maximum Gasteiger partial charge on any atom is 0.0992 e. The number of nitriles is 1. The van der Waals surface area contributed by atoms with Gasteiger partial charge in [-0.3, -0.25) is 4.90 Å². The molecule has 0 aromatic heterocycles. The first-order valence-electron chi connectivity index (χ1n) is 6.25. The average molecular weight is 264 g/mol. The summed E-state index contributed by atoms with van der Waals surface area (Å²) in [6.07, 6.45) is 1.09. The van der Waals surface area contributed by atoms with E-state index in [0.717, 1.165) is 31.6 Å².